The van der Waals surface area contributed by atoms with Gasteiger partial charge in [-0.05, 0) is 77.9 Å². The molecule has 5 N–H and O–H groups in total. The molecule has 0 radical (unpaired) electrons. The smallest absolute Gasteiger partial charge is 0.251 e. The summed E-state index contributed by atoms with van der Waals surface area (Å²) < 4.78 is 10.4. The minimum Gasteiger partial charge on any atom is -0.497 e. The van der Waals surface area contributed by atoms with Crippen LogP contribution in [-0.2, 0) is 9.59 Å². The van der Waals surface area contributed by atoms with Gasteiger partial charge in [0.25, 0.3) is 5.91 Å². The molecule has 1 atom stereocenters. The van der Waals surface area contributed by atoms with Crippen molar-refractivity contribution in [2.45, 2.75) is 6.04 Å². The van der Waals surface area contributed by atoms with Crippen LogP contribution in [0.4, 0.5) is 22.7 Å². The summed E-state index contributed by atoms with van der Waals surface area (Å²) in [5.41, 5.74) is 9.88. The normalized spacial score (nSPS) is 11.4. The molecule has 4 rings (SSSR count). The minimum atomic E-state index is -0.692. The Kier molecular flexibility index (Phi) is 8.82. The standard InChI is InChI=1S/C31H30N4O4/c1-38-25-16-12-23(13-17-25)33-30(31(37)34-24-14-18-26(39-2)19-15-24)22-10-7-21(8-11-22)9-20-29(36)35-28-6-4-3-5-27(28)32/h3-20,30,33H,32H2,1-2H3,(H,34,37)(H,35,36). The number of nitrogen functional groups attached to an aromatic ring is 1. The molecule has 8 heteroatoms. The lowest BCUT2D eigenvalue weighted by Crippen LogP contribution is -2.27. The number of carbonyl (C=O) groups is 2. The number of nitrogens with one attached hydrogen (secondary N) is 3. The predicted molar refractivity (Wildman–Crippen MR) is 156 cm³/mol. The maximum absolute atomic E-state index is 13.4. The maximum Gasteiger partial charge on any atom is 0.251 e. The highest BCUT2D eigenvalue weighted by Crippen LogP contribution is 2.25. The van der Waals surface area contributed by atoms with E-state index in [2.05, 4.69) is 16.0 Å². The number of amides is 2. The van der Waals surface area contributed by atoms with Crippen LogP contribution in [0, 0.1) is 0 Å². The Balaban J connectivity index is 1.50. The van der Waals surface area contributed by atoms with Gasteiger partial charge in [0.15, 0.2) is 0 Å². The molecule has 0 aliphatic rings. The molecule has 0 spiro atoms. The first-order valence-electron chi connectivity index (χ1n) is 12.2. The number of hydrogen-bond donors (Lipinski definition) is 4. The summed E-state index contributed by atoms with van der Waals surface area (Å²) in [5.74, 6) is 0.884. The topological polar surface area (TPSA) is 115 Å². The number of methoxy groups -OCH3 is 2. The summed E-state index contributed by atoms with van der Waals surface area (Å²) in [6, 6.07) is 28.2. The van der Waals surface area contributed by atoms with Crippen molar-refractivity contribution in [2.75, 3.05) is 35.9 Å². The number of anilines is 4. The van der Waals surface area contributed by atoms with Crippen LogP contribution in [0.2, 0.25) is 0 Å². The maximum atomic E-state index is 13.4. The lowest BCUT2D eigenvalue weighted by molar-refractivity contribution is -0.117. The Morgan fingerprint density at radius 1 is 0.744 bits per heavy atom. The monoisotopic (exact) mass is 522 g/mol. The van der Waals surface area contributed by atoms with Crippen molar-refractivity contribution in [1.29, 1.82) is 0 Å². The summed E-state index contributed by atoms with van der Waals surface area (Å²) in [6.45, 7) is 0. The Morgan fingerprint density at radius 2 is 1.33 bits per heavy atom. The molecule has 198 valence electrons. The summed E-state index contributed by atoms with van der Waals surface area (Å²) in [7, 11) is 3.19. The third-order valence-electron chi connectivity index (χ3n) is 5.94. The van der Waals surface area contributed by atoms with Crippen LogP contribution in [0.3, 0.4) is 0 Å². The number of carbonyl (C=O) groups excluding carboxylic acids is 2. The van der Waals surface area contributed by atoms with Gasteiger partial charge in [-0.25, -0.2) is 0 Å². The summed E-state index contributed by atoms with van der Waals surface area (Å²) in [5, 5.41) is 9.02. The molecule has 0 saturated heterocycles. The van der Waals surface area contributed by atoms with E-state index < -0.39 is 6.04 Å². The highest BCUT2D eigenvalue weighted by atomic mass is 16.5. The zero-order chi connectivity index (χ0) is 27.6. The minimum absolute atomic E-state index is 0.237. The lowest BCUT2D eigenvalue weighted by atomic mass is 10.0. The fourth-order valence-electron chi connectivity index (χ4n) is 3.80. The van der Waals surface area contributed by atoms with Gasteiger partial charge in [0.1, 0.15) is 17.5 Å². The fraction of sp³-hybridized carbons (Fsp3) is 0.0968. The molecule has 4 aromatic carbocycles. The van der Waals surface area contributed by atoms with Gasteiger partial charge < -0.3 is 31.2 Å². The van der Waals surface area contributed by atoms with E-state index in [1.807, 2.05) is 48.5 Å². The number of rotatable bonds is 10. The number of para-hydroxylation sites is 2. The van der Waals surface area contributed by atoms with Crippen molar-refractivity contribution in [3.8, 4) is 11.5 Å². The Bertz CT molecular complexity index is 1430. The van der Waals surface area contributed by atoms with Crippen LogP contribution in [0.5, 0.6) is 11.5 Å². The molecule has 39 heavy (non-hydrogen) atoms. The quantitative estimate of drug-likeness (QED) is 0.156. The second-order valence-corrected chi connectivity index (χ2v) is 8.60. The van der Waals surface area contributed by atoms with Crippen LogP contribution in [0.15, 0.2) is 103 Å². The molecule has 4 aromatic rings. The van der Waals surface area contributed by atoms with Crippen molar-refractivity contribution in [3.05, 3.63) is 114 Å². The highest BCUT2D eigenvalue weighted by molar-refractivity contribution is 6.03. The molecule has 2 amide bonds. The molecule has 8 nitrogen and oxygen atoms in total. The Labute approximate surface area is 227 Å². The van der Waals surface area contributed by atoms with Gasteiger partial charge >= 0.3 is 0 Å². The van der Waals surface area contributed by atoms with Crippen LogP contribution in [0.25, 0.3) is 6.08 Å². The van der Waals surface area contributed by atoms with E-state index in [-0.39, 0.29) is 11.8 Å². The first kappa shape index (κ1) is 26.8. The van der Waals surface area contributed by atoms with E-state index in [0.717, 1.165) is 22.6 Å². The number of hydrogen-bond acceptors (Lipinski definition) is 6. The molecule has 0 aliphatic heterocycles. The van der Waals surface area contributed by atoms with Crippen LogP contribution in [-0.4, -0.2) is 26.0 Å². The van der Waals surface area contributed by atoms with Gasteiger partial charge in [-0.15, -0.1) is 0 Å². The fourth-order valence-corrected chi connectivity index (χ4v) is 3.80. The molecule has 0 aromatic heterocycles. The molecular weight excluding hydrogens is 492 g/mol. The second kappa shape index (κ2) is 12.8. The van der Waals surface area contributed by atoms with Crippen molar-refractivity contribution >= 4 is 40.6 Å². The third-order valence-corrected chi connectivity index (χ3v) is 5.94. The van der Waals surface area contributed by atoms with Crippen molar-refractivity contribution in [3.63, 3.8) is 0 Å². The molecule has 0 fully saturated rings. The number of ether oxygens (including phenoxy) is 2. The zero-order valence-corrected chi connectivity index (χ0v) is 21.7. The Hall–Kier alpha value is -5.24. The van der Waals surface area contributed by atoms with E-state index in [0.29, 0.717) is 22.8 Å². The zero-order valence-electron chi connectivity index (χ0n) is 21.7. The van der Waals surface area contributed by atoms with Gasteiger partial charge in [0, 0.05) is 17.5 Å². The SMILES string of the molecule is COc1ccc(NC(=O)C(Nc2ccc(OC)cc2)c2ccc(C=CC(=O)Nc3ccccc3N)cc2)cc1. The third kappa shape index (κ3) is 7.39. The van der Waals surface area contributed by atoms with Gasteiger partial charge in [-0.3, -0.25) is 9.59 Å². The average Bonchev–Trinajstić information content (AvgIpc) is 2.97. The number of nitrogens with two attached hydrogens (primary N) is 1. The molecule has 1 unspecified atom stereocenters. The van der Waals surface area contributed by atoms with Crippen LogP contribution < -0.4 is 31.2 Å². The average molecular weight is 523 g/mol. The first-order valence-corrected chi connectivity index (χ1v) is 12.2. The predicted octanol–water partition coefficient (Wildman–Crippen LogP) is 5.73. The summed E-state index contributed by atoms with van der Waals surface area (Å²) >= 11 is 0. The van der Waals surface area contributed by atoms with Crippen LogP contribution in [0.1, 0.15) is 17.2 Å². The van der Waals surface area contributed by atoms with E-state index in [9.17, 15) is 9.59 Å². The largest absolute Gasteiger partial charge is 0.497 e. The summed E-state index contributed by atoms with van der Waals surface area (Å²) in [6.07, 6.45) is 3.13. The lowest BCUT2D eigenvalue weighted by Gasteiger charge is -2.20. The highest BCUT2D eigenvalue weighted by Gasteiger charge is 2.21. The van der Waals surface area contributed by atoms with E-state index in [4.69, 9.17) is 15.2 Å². The number of benzene rings is 4. The first-order chi connectivity index (χ1) is 18.9. The molecular formula is C31H30N4O4. The van der Waals surface area contributed by atoms with Crippen molar-refractivity contribution in [1.82, 2.24) is 0 Å². The van der Waals surface area contributed by atoms with E-state index >= 15 is 0 Å². The summed E-state index contributed by atoms with van der Waals surface area (Å²) in [4.78, 5) is 25.7. The van der Waals surface area contributed by atoms with Gasteiger partial charge in [0.2, 0.25) is 5.91 Å². The second-order valence-electron chi connectivity index (χ2n) is 8.60. The molecule has 0 bridgehead atoms. The van der Waals surface area contributed by atoms with E-state index in [1.165, 1.54) is 6.08 Å². The van der Waals surface area contributed by atoms with Gasteiger partial charge in [-0.1, -0.05) is 36.4 Å². The van der Waals surface area contributed by atoms with Crippen LogP contribution >= 0.6 is 0 Å². The van der Waals surface area contributed by atoms with E-state index in [1.54, 1.807) is 68.8 Å². The van der Waals surface area contributed by atoms with Crippen molar-refractivity contribution < 1.29 is 19.1 Å². The molecule has 0 heterocycles. The van der Waals surface area contributed by atoms with Gasteiger partial charge in [-0.2, -0.15) is 0 Å². The molecule has 0 saturated carbocycles. The van der Waals surface area contributed by atoms with Gasteiger partial charge in [0.05, 0.1) is 25.6 Å². The van der Waals surface area contributed by atoms with Crippen molar-refractivity contribution in [2.24, 2.45) is 0 Å². The Morgan fingerprint density at radius 3 is 1.92 bits per heavy atom. The molecule has 0 aliphatic carbocycles.